The summed E-state index contributed by atoms with van der Waals surface area (Å²) in [6.07, 6.45) is 6.23. The molecule has 6 nitrogen and oxygen atoms in total. The Bertz CT molecular complexity index is 959. The van der Waals surface area contributed by atoms with Crippen LogP contribution in [0.1, 0.15) is 25.3 Å². The Balaban J connectivity index is 1.43. The average molecular weight is 387 g/mol. The summed E-state index contributed by atoms with van der Waals surface area (Å²) in [5.74, 6) is 0.835. The van der Waals surface area contributed by atoms with Crippen molar-refractivity contribution >= 4 is 17.4 Å². The minimum Gasteiger partial charge on any atom is -0.354 e. The number of nitrogens with zero attached hydrogens (tertiary/aromatic N) is 4. The Morgan fingerprint density at radius 2 is 1.93 bits per heavy atom. The number of aryl methyl sites for hydroxylation is 1. The van der Waals surface area contributed by atoms with E-state index in [1.165, 1.54) is 0 Å². The molecule has 1 atom stereocenters. The Kier molecular flexibility index (Phi) is 5.79. The van der Waals surface area contributed by atoms with Crippen LogP contribution in [0.25, 0.3) is 11.3 Å². The number of para-hydroxylation sites is 1. The second kappa shape index (κ2) is 8.82. The van der Waals surface area contributed by atoms with Crippen LogP contribution in [0.3, 0.4) is 0 Å². The van der Waals surface area contributed by atoms with E-state index < -0.39 is 0 Å². The van der Waals surface area contributed by atoms with E-state index in [0.717, 1.165) is 54.1 Å². The third-order valence-corrected chi connectivity index (χ3v) is 5.40. The maximum atomic E-state index is 12.9. The Morgan fingerprint density at radius 3 is 2.69 bits per heavy atom. The second-order valence-electron chi connectivity index (χ2n) is 7.30. The Hall–Kier alpha value is -3.28. The number of benzene rings is 1. The standard InChI is InChI=1S/C23H25N5O/c1-2-17-6-3-4-8-20(17)25-23(29)19-7-5-15-28(16-19)22-10-9-21(26-27-22)18-11-13-24-14-12-18/h3-4,6,8-14,19H,2,5,7,15-16H2,1H3,(H,25,29). The first-order chi connectivity index (χ1) is 14.2. The predicted molar refractivity (Wildman–Crippen MR) is 115 cm³/mol. The summed E-state index contributed by atoms with van der Waals surface area (Å²) in [5, 5.41) is 11.9. The molecule has 0 aliphatic carbocycles. The second-order valence-corrected chi connectivity index (χ2v) is 7.30. The zero-order valence-corrected chi connectivity index (χ0v) is 16.6. The van der Waals surface area contributed by atoms with E-state index in [4.69, 9.17) is 0 Å². The molecule has 2 aromatic heterocycles. The van der Waals surface area contributed by atoms with Gasteiger partial charge in [-0.25, -0.2) is 0 Å². The molecule has 1 fully saturated rings. The zero-order valence-electron chi connectivity index (χ0n) is 16.6. The van der Waals surface area contributed by atoms with Gasteiger partial charge in [-0.3, -0.25) is 9.78 Å². The summed E-state index contributed by atoms with van der Waals surface area (Å²) >= 11 is 0. The van der Waals surface area contributed by atoms with E-state index in [1.54, 1.807) is 12.4 Å². The molecule has 0 radical (unpaired) electrons. The summed E-state index contributed by atoms with van der Waals surface area (Å²) in [6.45, 7) is 3.64. The number of piperidine rings is 1. The van der Waals surface area contributed by atoms with E-state index in [0.29, 0.717) is 6.54 Å². The third kappa shape index (κ3) is 4.42. The van der Waals surface area contributed by atoms with Crippen LogP contribution in [0, 0.1) is 5.92 Å². The monoisotopic (exact) mass is 387 g/mol. The molecule has 6 heteroatoms. The highest BCUT2D eigenvalue weighted by Gasteiger charge is 2.27. The Morgan fingerprint density at radius 1 is 1.10 bits per heavy atom. The quantitative estimate of drug-likeness (QED) is 0.718. The number of rotatable bonds is 5. The van der Waals surface area contributed by atoms with Crippen LogP contribution in [0.15, 0.2) is 60.9 Å². The van der Waals surface area contributed by atoms with Crippen molar-refractivity contribution in [3.05, 3.63) is 66.5 Å². The van der Waals surface area contributed by atoms with E-state index in [-0.39, 0.29) is 11.8 Å². The highest BCUT2D eigenvalue weighted by atomic mass is 16.1. The molecular weight excluding hydrogens is 362 g/mol. The lowest BCUT2D eigenvalue weighted by atomic mass is 9.96. The van der Waals surface area contributed by atoms with Crippen molar-refractivity contribution in [3.8, 4) is 11.3 Å². The normalized spacial score (nSPS) is 16.4. The van der Waals surface area contributed by atoms with Gasteiger partial charge in [-0.15, -0.1) is 10.2 Å². The molecular formula is C23H25N5O. The summed E-state index contributed by atoms with van der Waals surface area (Å²) in [7, 11) is 0. The summed E-state index contributed by atoms with van der Waals surface area (Å²) in [5.41, 5.74) is 3.88. The number of pyridine rings is 1. The molecule has 1 aromatic carbocycles. The van der Waals surface area contributed by atoms with Gasteiger partial charge in [-0.2, -0.15) is 0 Å². The summed E-state index contributed by atoms with van der Waals surface area (Å²) in [6, 6.07) is 15.8. The van der Waals surface area contributed by atoms with Crippen molar-refractivity contribution in [2.24, 2.45) is 5.92 Å². The van der Waals surface area contributed by atoms with Crippen LogP contribution in [0.2, 0.25) is 0 Å². The number of hydrogen-bond acceptors (Lipinski definition) is 5. The van der Waals surface area contributed by atoms with E-state index in [2.05, 4.69) is 38.4 Å². The van der Waals surface area contributed by atoms with Gasteiger partial charge >= 0.3 is 0 Å². The molecule has 1 unspecified atom stereocenters. The number of nitrogens with one attached hydrogen (secondary N) is 1. The van der Waals surface area contributed by atoms with Crippen LogP contribution >= 0.6 is 0 Å². The lowest BCUT2D eigenvalue weighted by molar-refractivity contribution is -0.120. The smallest absolute Gasteiger partial charge is 0.229 e. The summed E-state index contributed by atoms with van der Waals surface area (Å²) < 4.78 is 0. The van der Waals surface area contributed by atoms with E-state index in [1.807, 2.05) is 42.5 Å². The van der Waals surface area contributed by atoms with Gasteiger partial charge in [0.2, 0.25) is 5.91 Å². The van der Waals surface area contributed by atoms with Crippen LogP contribution in [0.5, 0.6) is 0 Å². The van der Waals surface area contributed by atoms with Gasteiger partial charge in [0.25, 0.3) is 0 Å². The molecule has 148 valence electrons. The number of carbonyl (C=O) groups excluding carboxylic acids is 1. The first kappa shape index (κ1) is 19.1. The molecule has 0 saturated carbocycles. The molecule has 3 heterocycles. The molecule has 4 rings (SSSR count). The molecule has 1 saturated heterocycles. The molecule has 1 amide bonds. The Labute approximate surface area is 171 Å². The van der Waals surface area contributed by atoms with Crippen molar-refractivity contribution in [2.75, 3.05) is 23.3 Å². The van der Waals surface area contributed by atoms with Gasteiger partial charge in [0.1, 0.15) is 0 Å². The fourth-order valence-electron chi connectivity index (χ4n) is 3.76. The van der Waals surface area contributed by atoms with Gasteiger partial charge in [0.15, 0.2) is 5.82 Å². The van der Waals surface area contributed by atoms with Crippen molar-refractivity contribution in [3.63, 3.8) is 0 Å². The zero-order chi connectivity index (χ0) is 20.1. The molecule has 1 aliphatic heterocycles. The molecule has 1 N–H and O–H groups in total. The largest absolute Gasteiger partial charge is 0.354 e. The van der Waals surface area contributed by atoms with E-state index >= 15 is 0 Å². The van der Waals surface area contributed by atoms with Crippen LogP contribution in [-0.2, 0) is 11.2 Å². The molecule has 0 spiro atoms. The van der Waals surface area contributed by atoms with E-state index in [9.17, 15) is 4.79 Å². The molecule has 0 bridgehead atoms. The molecule has 1 aliphatic rings. The lowest BCUT2D eigenvalue weighted by Gasteiger charge is -2.32. The molecule has 3 aromatic rings. The number of hydrogen-bond donors (Lipinski definition) is 1. The minimum absolute atomic E-state index is 0.0599. The van der Waals surface area contributed by atoms with Gasteiger partial charge in [0, 0.05) is 36.7 Å². The average Bonchev–Trinajstić information content (AvgIpc) is 2.80. The van der Waals surface area contributed by atoms with Crippen LogP contribution < -0.4 is 10.2 Å². The fraction of sp³-hybridized carbons (Fsp3) is 0.304. The fourth-order valence-corrected chi connectivity index (χ4v) is 3.76. The van der Waals surface area contributed by atoms with Gasteiger partial charge in [-0.1, -0.05) is 25.1 Å². The van der Waals surface area contributed by atoms with Crippen molar-refractivity contribution in [1.82, 2.24) is 15.2 Å². The van der Waals surface area contributed by atoms with Gasteiger partial charge in [0.05, 0.1) is 11.6 Å². The first-order valence-corrected chi connectivity index (χ1v) is 10.1. The van der Waals surface area contributed by atoms with Crippen LogP contribution in [0.4, 0.5) is 11.5 Å². The van der Waals surface area contributed by atoms with Gasteiger partial charge < -0.3 is 10.2 Å². The SMILES string of the molecule is CCc1ccccc1NC(=O)C1CCCN(c2ccc(-c3ccncc3)nn2)C1. The predicted octanol–water partition coefficient (Wildman–Crippen LogP) is 3.96. The number of aromatic nitrogens is 3. The summed E-state index contributed by atoms with van der Waals surface area (Å²) in [4.78, 5) is 19.1. The topological polar surface area (TPSA) is 71.0 Å². The van der Waals surface area contributed by atoms with Gasteiger partial charge in [-0.05, 0) is 55.2 Å². The number of amides is 1. The van der Waals surface area contributed by atoms with Crippen LogP contribution in [-0.4, -0.2) is 34.2 Å². The molecule has 29 heavy (non-hydrogen) atoms. The van der Waals surface area contributed by atoms with Crippen molar-refractivity contribution in [1.29, 1.82) is 0 Å². The maximum absolute atomic E-state index is 12.9. The minimum atomic E-state index is -0.0599. The first-order valence-electron chi connectivity index (χ1n) is 10.1. The number of anilines is 2. The maximum Gasteiger partial charge on any atom is 0.229 e. The highest BCUT2D eigenvalue weighted by molar-refractivity contribution is 5.93. The highest BCUT2D eigenvalue weighted by Crippen LogP contribution is 2.25. The third-order valence-electron chi connectivity index (χ3n) is 5.40. The number of carbonyl (C=O) groups is 1. The van der Waals surface area contributed by atoms with Crippen molar-refractivity contribution in [2.45, 2.75) is 26.2 Å². The lowest BCUT2D eigenvalue weighted by Crippen LogP contribution is -2.41. The van der Waals surface area contributed by atoms with Crippen molar-refractivity contribution < 1.29 is 4.79 Å².